The van der Waals surface area contributed by atoms with E-state index in [-0.39, 0.29) is 35.5 Å². The summed E-state index contributed by atoms with van der Waals surface area (Å²) in [7, 11) is -3.97. The Morgan fingerprint density at radius 2 is 2.24 bits per heavy atom. The molecular weight excluding hydrogens is 369 g/mol. The van der Waals surface area contributed by atoms with Gasteiger partial charge < -0.3 is 9.84 Å². The summed E-state index contributed by atoms with van der Waals surface area (Å²) in [5.41, 5.74) is 0. The summed E-state index contributed by atoms with van der Waals surface area (Å²) in [4.78, 5) is 10.6. The van der Waals surface area contributed by atoms with Crippen molar-refractivity contribution in [2.24, 2.45) is 0 Å². The van der Waals surface area contributed by atoms with E-state index >= 15 is 0 Å². The summed E-state index contributed by atoms with van der Waals surface area (Å²) >= 11 is 2.96. The number of sulfonamides is 1. The number of nitrogens with zero attached hydrogens (tertiary/aromatic N) is 1. The Kier molecular flexibility index (Phi) is 4.97. The van der Waals surface area contributed by atoms with Crippen molar-refractivity contribution >= 4 is 31.9 Å². The fourth-order valence-electron chi connectivity index (χ4n) is 2.09. The predicted molar refractivity (Wildman–Crippen MR) is 74.9 cm³/mol. The predicted octanol–water partition coefficient (Wildman–Crippen LogP) is 1.45. The van der Waals surface area contributed by atoms with E-state index in [4.69, 9.17) is 9.84 Å². The van der Waals surface area contributed by atoms with E-state index in [0.717, 1.165) is 10.4 Å². The number of aliphatic carboxylic acids is 1. The molecule has 21 heavy (non-hydrogen) atoms. The summed E-state index contributed by atoms with van der Waals surface area (Å²) in [5, 5.41) is 8.86. The number of halogens is 2. The third-order valence-electron chi connectivity index (χ3n) is 3.08. The highest BCUT2D eigenvalue weighted by Crippen LogP contribution is 2.25. The first-order valence-electron chi connectivity index (χ1n) is 6.09. The van der Waals surface area contributed by atoms with E-state index in [1.54, 1.807) is 0 Å². The highest BCUT2D eigenvalue weighted by atomic mass is 79.9. The molecule has 0 bridgehead atoms. The molecule has 116 valence electrons. The van der Waals surface area contributed by atoms with Crippen LogP contribution in [0.5, 0.6) is 0 Å². The van der Waals surface area contributed by atoms with E-state index < -0.39 is 27.9 Å². The van der Waals surface area contributed by atoms with Crippen molar-refractivity contribution in [1.82, 2.24) is 4.31 Å². The number of carboxylic acid groups (broad SMARTS) is 1. The van der Waals surface area contributed by atoms with Gasteiger partial charge in [0.2, 0.25) is 10.0 Å². The summed E-state index contributed by atoms with van der Waals surface area (Å²) in [6.45, 7) is 0.219. The molecule has 1 aromatic rings. The summed E-state index contributed by atoms with van der Waals surface area (Å²) in [6.07, 6.45) is -0.363. The lowest BCUT2D eigenvalue weighted by Crippen LogP contribution is -2.49. The average Bonchev–Trinajstić information content (AvgIpc) is 2.41. The number of hydrogen-bond donors (Lipinski definition) is 1. The first kappa shape index (κ1) is 16.3. The Morgan fingerprint density at radius 3 is 2.86 bits per heavy atom. The monoisotopic (exact) mass is 381 g/mol. The molecule has 0 spiro atoms. The standard InChI is InChI=1S/C12H13BrFNO5S/c13-10-2-1-9(6-11(10)14)21(18,19)15-3-4-20-7-8(15)5-12(16)17/h1-2,6,8H,3-5,7H2,(H,16,17). The molecule has 2 rings (SSSR count). The van der Waals surface area contributed by atoms with Crippen LogP contribution in [0.2, 0.25) is 0 Å². The first-order chi connectivity index (χ1) is 9.82. The molecule has 1 unspecified atom stereocenters. The molecule has 6 nitrogen and oxygen atoms in total. The van der Waals surface area contributed by atoms with Crippen molar-refractivity contribution in [2.45, 2.75) is 17.4 Å². The molecule has 0 amide bonds. The van der Waals surface area contributed by atoms with Crippen molar-refractivity contribution in [3.63, 3.8) is 0 Å². The molecule has 1 heterocycles. The van der Waals surface area contributed by atoms with Crippen LogP contribution in [0.3, 0.4) is 0 Å². The van der Waals surface area contributed by atoms with Gasteiger partial charge >= 0.3 is 5.97 Å². The maximum Gasteiger partial charge on any atom is 0.305 e. The fraction of sp³-hybridized carbons (Fsp3) is 0.417. The van der Waals surface area contributed by atoms with Crippen molar-refractivity contribution < 1.29 is 27.4 Å². The lowest BCUT2D eigenvalue weighted by molar-refractivity contribution is -0.139. The van der Waals surface area contributed by atoms with Crippen LogP contribution in [-0.4, -0.2) is 49.6 Å². The Bertz CT molecular complexity index is 651. The van der Waals surface area contributed by atoms with E-state index in [1.807, 2.05) is 0 Å². The lowest BCUT2D eigenvalue weighted by atomic mass is 10.2. The minimum Gasteiger partial charge on any atom is -0.481 e. The highest BCUT2D eigenvalue weighted by Gasteiger charge is 2.35. The van der Waals surface area contributed by atoms with Gasteiger partial charge in [-0.2, -0.15) is 4.31 Å². The largest absolute Gasteiger partial charge is 0.481 e. The van der Waals surface area contributed by atoms with Crippen LogP contribution < -0.4 is 0 Å². The number of morpholine rings is 1. The van der Waals surface area contributed by atoms with Gasteiger partial charge in [-0.1, -0.05) is 0 Å². The maximum absolute atomic E-state index is 13.5. The number of hydrogen-bond acceptors (Lipinski definition) is 4. The number of carbonyl (C=O) groups is 1. The van der Waals surface area contributed by atoms with Crippen LogP contribution in [0.15, 0.2) is 27.6 Å². The van der Waals surface area contributed by atoms with Crippen LogP contribution in [0.25, 0.3) is 0 Å². The van der Waals surface area contributed by atoms with Gasteiger partial charge in [-0.15, -0.1) is 0 Å². The second kappa shape index (κ2) is 6.39. The zero-order chi connectivity index (χ0) is 15.6. The molecule has 1 N–H and O–H groups in total. The zero-order valence-corrected chi connectivity index (χ0v) is 13.2. The van der Waals surface area contributed by atoms with Gasteiger partial charge in [-0.25, -0.2) is 12.8 Å². The van der Waals surface area contributed by atoms with Gasteiger partial charge in [0.25, 0.3) is 0 Å². The molecule has 1 saturated heterocycles. The number of ether oxygens (including phenoxy) is 1. The van der Waals surface area contributed by atoms with Gasteiger partial charge in [0, 0.05) is 6.54 Å². The van der Waals surface area contributed by atoms with Crippen LogP contribution in [0.4, 0.5) is 4.39 Å². The summed E-state index contributed by atoms with van der Waals surface area (Å²) in [5.74, 6) is -1.81. The van der Waals surface area contributed by atoms with Gasteiger partial charge in [-0.3, -0.25) is 4.79 Å². The molecule has 9 heteroatoms. The fourth-order valence-corrected chi connectivity index (χ4v) is 3.94. The molecule has 1 aliphatic heterocycles. The average molecular weight is 382 g/mol. The summed E-state index contributed by atoms with van der Waals surface area (Å²) < 4.78 is 45.0. The van der Waals surface area contributed by atoms with Gasteiger partial charge in [0.05, 0.1) is 35.0 Å². The quantitative estimate of drug-likeness (QED) is 0.853. The second-order valence-electron chi connectivity index (χ2n) is 4.52. The Morgan fingerprint density at radius 1 is 1.52 bits per heavy atom. The van der Waals surface area contributed by atoms with Gasteiger partial charge in [0.15, 0.2) is 0 Å². The third-order valence-corrected chi connectivity index (χ3v) is 5.67. The lowest BCUT2D eigenvalue weighted by Gasteiger charge is -2.33. The number of rotatable bonds is 4. The minimum absolute atomic E-state index is 0.00450. The normalized spacial score (nSPS) is 20.4. The minimum atomic E-state index is -3.97. The van der Waals surface area contributed by atoms with Crippen molar-refractivity contribution in [3.8, 4) is 0 Å². The third kappa shape index (κ3) is 3.60. The van der Waals surface area contributed by atoms with Crippen molar-refractivity contribution in [2.75, 3.05) is 19.8 Å². The molecule has 0 radical (unpaired) electrons. The van der Waals surface area contributed by atoms with Gasteiger partial charge in [0.1, 0.15) is 5.82 Å². The smallest absolute Gasteiger partial charge is 0.305 e. The van der Waals surface area contributed by atoms with Crippen molar-refractivity contribution in [3.05, 3.63) is 28.5 Å². The van der Waals surface area contributed by atoms with Gasteiger partial charge in [-0.05, 0) is 34.1 Å². The first-order valence-corrected chi connectivity index (χ1v) is 8.32. The molecule has 1 fully saturated rings. The van der Waals surface area contributed by atoms with E-state index in [0.29, 0.717) is 0 Å². The molecule has 0 aromatic heterocycles. The Balaban J connectivity index is 2.35. The molecular formula is C12H13BrFNO5S. The number of carboxylic acids is 1. The molecule has 1 aromatic carbocycles. The SMILES string of the molecule is O=C(O)CC1COCCN1S(=O)(=O)c1ccc(Br)c(F)c1. The molecule has 0 saturated carbocycles. The highest BCUT2D eigenvalue weighted by molar-refractivity contribution is 9.10. The van der Waals surface area contributed by atoms with E-state index in [2.05, 4.69) is 15.9 Å². The Hall–Kier alpha value is -1.03. The van der Waals surface area contributed by atoms with E-state index in [9.17, 15) is 17.6 Å². The van der Waals surface area contributed by atoms with E-state index in [1.165, 1.54) is 12.1 Å². The van der Waals surface area contributed by atoms with Crippen LogP contribution >= 0.6 is 15.9 Å². The second-order valence-corrected chi connectivity index (χ2v) is 7.26. The van der Waals surface area contributed by atoms with Crippen LogP contribution in [0, 0.1) is 5.82 Å². The van der Waals surface area contributed by atoms with Crippen LogP contribution in [-0.2, 0) is 19.6 Å². The Labute approximate surface area is 129 Å². The van der Waals surface area contributed by atoms with Crippen LogP contribution in [0.1, 0.15) is 6.42 Å². The van der Waals surface area contributed by atoms with Crippen molar-refractivity contribution in [1.29, 1.82) is 0 Å². The number of benzene rings is 1. The molecule has 1 atom stereocenters. The maximum atomic E-state index is 13.5. The zero-order valence-electron chi connectivity index (χ0n) is 10.8. The molecule has 0 aliphatic carbocycles. The molecule has 1 aliphatic rings. The summed E-state index contributed by atoms with van der Waals surface area (Å²) in [6, 6.07) is 2.69. The topological polar surface area (TPSA) is 83.9 Å².